The largest absolute Gasteiger partial charge is 0.478 e. The van der Waals surface area contributed by atoms with Crippen molar-refractivity contribution in [1.29, 1.82) is 0 Å². The fraction of sp³-hybridized carbons (Fsp3) is 0.500. The number of nitrogens with zero attached hydrogens (tertiary/aromatic N) is 1. The van der Waals surface area contributed by atoms with Gasteiger partial charge in [-0.05, 0) is 37.5 Å². The van der Waals surface area contributed by atoms with Crippen molar-refractivity contribution in [2.45, 2.75) is 38.3 Å². The molecule has 0 radical (unpaired) electrons. The van der Waals surface area contributed by atoms with E-state index in [4.69, 9.17) is 5.11 Å². The molecule has 1 aromatic rings. The van der Waals surface area contributed by atoms with Crippen molar-refractivity contribution >= 4 is 21.7 Å². The van der Waals surface area contributed by atoms with E-state index in [1.165, 1.54) is 18.4 Å². The van der Waals surface area contributed by atoms with E-state index in [1.54, 1.807) is 24.0 Å². The van der Waals surface area contributed by atoms with Gasteiger partial charge in [0, 0.05) is 18.3 Å². The summed E-state index contributed by atoms with van der Waals surface area (Å²) in [5.74, 6) is -1.18. The number of sulfone groups is 1. The number of hydrogen-bond acceptors (Lipinski definition) is 4. The SMILES string of the molecule is CC(CS(C)(=O)=O)N(C(=O)Cc1ccc(C(=O)O)cc1)C1CC1. The Morgan fingerprint density at radius 1 is 1.26 bits per heavy atom. The first kappa shape index (κ1) is 17.5. The van der Waals surface area contributed by atoms with Crippen molar-refractivity contribution in [2.75, 3.05) is 12.0 Å². The Balaban J connectivity index is 2.08. The predicted octanol–water partition coefficient (Wildman–Crippen LogP) is 1.35. The third-order valence-corrected chi connectivity index (χ3v) is 4.89. The van der Waals surface area contributed by atoms with Crippen molar-refractivity contribution in [3.8, 4) is 0 Å². The van der Waals surface area contributed by atoms with Crippen LogP contribution in [-0.4, -0.2) is 54.4 Å². The fourth-order valence-corrected chi connectivity index (χ4v) is 3.75. The molecule has 1 atom stereocenters. The minimum absolute atomic E-state index is 0.0484. The third-order valence-electron chi connectivity index (χ3n) is 3.80. The summed E-state index contributed by atoms with van der Waals surface area (Å²) in [4.78, 5) is 25.1. The van der Waals surface area contributed by atoms with E-state index in [9.17, 15) is 18.0 Å². The van der Waals surface area contributed by atoms with Crippen molar-refractivity contribution < 1.29 is 23.1 Å². The molecule has 0 aromatic heterocycles. The summed E-state index contributed by atoms with van der Waals surface area (Å²) in [5, 5.41) is 8.88. The second-order valence-electron chi connectivity index (χ2n) is 6.15. The Hall–Kier alpha value is -1.89. The number of benzene rings is 1. The third kappa shape index (κ3) is 5.06. The highest BCUT2D eigenvalue weighted by Gasteiger charge is 2.36. The summed E-state index contributed by atoms with van der Waals surface area (Å²) < 4.78 is 23.0. The second-order valence-corrected chi connectivity index (χ2v) is 8.34. The maximum absolute atomic E-state index is 12.6. The maximum atomic E-state index is 12.6. The highest BCUT2D eigenvalue weighted by atomic mass is 32.2. The van der Waals surface area contributed by atoms with Crippen LogP contribution in [0.5, 0.6) is 0 Å². The van der Waals surface area contributed by atoms with Crippen molar-refractivity contribution in [3.05, 3.63) is 35.4 Å². The molecule has 0 heterocycles. The van der Waals surface area contributed by atoms with Crippen LogP contribution in [0.4, 0.5) is 0 Å². The van der Waals surface area contributed by atoms with E-state index in [1.807, 2.05) is 0 Å². The van der Waals surface area contributed by atoms with E-state index >= 15 is 0 Å². The zero-order valence-corrected chi connectivity index (χ0v) is 14.0. The van der Waals surface area contributed by atoms with Crippen LogP contribution in [-0.2, 0) is 21.1 Å². The Morgan fingerprint density at radius 3 is 2.26 bits per heavy atom. The highest BCUT2D eigenvalue weighted by Crippen LogP contribution is 2.29. The van der Waals surface area contributed by atoms with Gasteiger partial charge in [-0.2, -0.15) is 0 Å². The highest BCUT2D eigenvalue weighted by molar-refractivity contribution is 7.90. The molecule has 23 heavy (non-hydrogen) atoms. The molecule has 0 spiro atoms. The average molecular weight is 339 g/mol. The lowest BCUT2D eigenvalue weighted by atomic mass is 10.1. The topological polar surface area (TPSA) is 91.8 Å². The summed E-state index contributed by atoms with van der Waals surface area (Å²) >= 11 is 0. The number of carbonyl (C=O) groups is 2. The minimum Gasteiger partial charge on any atom is -0.478 e. The van der Waals surface area contributed by atoms with Gasteiger partial charge in [0.1, 0.15) is 9.84 Å². The van der Waals surface area contributed by atoms with Crippen molar-refractivity contribution in [2.24, 2.45) is 0 Å². The molecule has 126 valence electrons. The van der Waals surface area contributed by atoms with Gasteiger partial charge in [-0.25, -0.2) is 13.2 Å². The zero-order valence-electron chi connectivity index (χ0n) is 13.2. The van der Waals surface area contributed by atoms with Gasteiger partial charge < -0.3 is 10.0 Å². The number of carboxylic acid groups (broad SMARTS) is 1. The fourth-order valence-electron chi connectivity index (χ4n) is 2.71. The van der Waals surface area contributed by atoms with Gasteiger partial charge >= 0.3 is 5.97 Å². The molecular weight excluding hydrogens is 318 g/mol. The van der Waals surface area contributed by atoms with E-state index in [0.717, 1.165) is 18.4 Å². The number of carboxylic acids is 1. The van der Waals surface area contributed by atoms with Gasteiger partial charge in [0.05, 0.1) is 17.7 Å². The molecule has 0 saturated heterocycles. The van der Waals surface area contributed by atoms with Crippen LogP contribution in [0.25, 0.3) is 0 Å². The van der Waals surface area contributed by atoms with Crippen LogP contribution in [0.3, 0.4) is 0 Å². The van der Waals surface area contributed by atoms with Gasteiger partial charge in [-0.15, -0.1) is 0 Å². The monoisotopic (exact) mass is 339 g/mol. The molecule has 6 nitrogen and oxygen atoms in total. The first-order valence-corrected chi connectivity index (χ1v) is 9.54. The molecule has 1 saturated carbocycles. The molecule has 0 bridgehead atoms. The summed E-state index contributed by atoms with van der Waals surface area (Å²) in [7, 11) is -3.15. The van der Waals surface area contributed by atoms with Crippen LogP contribution in [0, 0.1) is 0 Å². The Bertz CT molecular complexity index is 692. The molecule has 2 rings (SSSR count). The molecule has 1 fully saturated rings. The average Bonchev–Trinajstić information content (AvgIpc) is 3.21. The van der Waals surface area contributed by atoms with Crippen LogP contribution >= 0.6 is 0 Å². The smallest absolute Gasteiger partial charge is 0.335 e. The lowest BCUT2D eigenvalue weighted by molar-refractivity contribution is -0.132. The maximum Gasteiger partial charge on any atom is 0.335 e. The predicted molar refractivity (Wildman–Crippen MR) is 86.1 cm³/mol. The number of amides is 1. The minimum atomic E-state index is -3.15. The van der Waals surface area contributed by atoms with Gasteiger partial charge in [-0.3, -0.25) is 4.79 Å². The first-order chi connectivity index (χ1) is 10.7. The normalized spacial score (nSPS) is 15.9. The zero-order chi connectivity index (χ0) is 17.2. The first-order valence-electron chi connectivity index (χ1n) is 7.48. The molecule has 1 aliphatic carbocycles. The number of hydrogen-bond donors (Lipinski definition) is 1. The van der Waals surface area contributed by atoms with E-state index in [2.05, 4.69) is 0 Å². The van der Waals surface area contributed by atoms with Gasteiger partial charge in [0.2, 0.25) is 5.91 Å². The number of carbonyl (C=O) groups excluding carboxylic acids is 1. The van der Waals surface area contributed by atoms with Gasteiger partial charge in [-0.1, -0.05) is 12.1 Å². The lowest BCUT2D eigenvalue weighted by Gasteiger charge is -2.29. The van der Waals surface area contributed by atoms with Gasteiger partial charge in [0.15, 0.2) is 0 Å². The standard InChI is InChI=1S/C16H21NO5S/c1-11(10-23(2,21)22)17(14-7-8-14)15(18)9-12-3-5-13(6-4-12)16(19)20/h3-6,11,14H,7-10H2,1-2H3,(H,19,20). The second kappa shape index (κ2) is 6.70. The lowest BCUT2D eigenvalue weighted by Crippen LogP contribution is -2.44. The summed E-state index contributed by atoms with van der Waals surface area (Å²) in [6, 6.07) is 5.93. The summed E-state index contributed by atoms with van der Waals surface area (Å²) in [5.41, 5.74) is 0.892. The Morgan fingerprint density at radius 2 is 1.83 bits per heavy atom. The van der Waals surface area contributed by atoms with Crippen LogP contribution in [0.15, 0.2) is 24.3 Å². The Kier molecular flexibility index (Phi) is 5.09. The Labute approximate surface area is 136 Å². The number of aromatic carboxylic acids is 1. The molecule has 7 heteroatoms. The molecule has 1 aromatic carbocycles. The van der Waals surface area contributed by atoms with Gasteiger partial charge in [0.25, 0.3) is 0 Å². The van der Waals surface area contributed by atoms with E-state index in [-0.39, 0.29) is 35.7 Å². The molecule has 1 N–H and O–H groups in total. The van der Waals surface area contributed by atoms with Crippen LogP contribution in [0.1, 0.15) is 35.7 Å². The quantitative estimate of drug-likeness (QED) is 0.809. The van der Waals surface area contributed by atoms with Crippen molar-refractivity contribution in [3.63, 3.8) is 0 Å². The molecule has 0 aliphatic heterocycles. The summed E-state index contributed by atoms with van der Waals surface area (Å²) in [6.07, 6.45) is 3.11. The van der Waals surface area contributed by atoms with Crippen LogP contribution in [0.2, 0.25) is 0 Å². The summed E-state index contributed by atoms with van der Waals surface area (Å²) in [6.45, 7) is 1.75. The molecule has 1 aliphatic rings. The molecular formula is C16H21NO5S. The molecule has 1 unspecified atom stereocenters. The van der Waals surface area contributed by atoms with Crippen molar-refractivity contribution in [1.82, 2.24) is 4.90 Å². The van der Waals surface area contributed by atoms with E-state index in [0.29, 0.717) is 0 Å². The molecule has 1 amide bonds. The van der Waals surface area contributed by atoms with Crippen LogP contribution < -0.4 is 0 Å². The van der Waals surface area contributed by atoms with E-state index < -0.39 is 15.8 Å². The number of rotatable bonds is 7.